The van der Waals surface area contributed by atoms with Crippen molar-refractivity contribution in [3.63, 3.8) is 0 Å². The summed E-state index contributed by atoms with van der Waals surface area (Å²) in [5.74, 6) is -1.05. The van der Waals surface area contributed by atoms with E-state index in [9.17, 15) is 14.8 Å². The maximum absolute atomic E-state index is 11.7. The third-order valence-electron chi connectivity index (χ3n) is 4.50. The van der Waals surface area contributed by atoms with Gasteiger partial charge in [-0.15, -0.1) is 0 Å². The highest BCUT2D eigenvalue weighted by molar-refractivity contribution is 5.90. The fourth-order valence-corrected chi connectivity index (χ4v) is 3.04. The number of piperidine rings is 1. The number of carboxylic acids is 1. The molecule has 6 nitrogen and oxygen atoms in total. The van der Waals surface area contributed by atoms with E-state index in [1.165, 1.54) is 6.42 Å². The molecule has 132 valence electrons. The van der Waals surface area contributed by atoms with E-state index >= 15 is 0 Å². The van der Waals surface area contributed by atoms with E-state index in [-0.39, 0.29) is 23.4 Å². The van der Waals surface area contributed by atoms with Crippen LogP contribution in [-0.2, 0) is 16.0 Å². The molecule has 0 aromatic heterocycles. The third kappa shape index (κ3) is 6.29. The maximum Gasteiger partial charge on any atom is 0.303 e. The van der Waals surface area contributed by atoms with Gasteiger partial charge in [-0.1, -0.05) is 12.1 Å². The van der Waals surface area contributed by atoms with Crippen molar-refractivity contribution in [1.82, 2.24) is 0 Å². The quantitative estimate of drug-likeness (QED) is 0.638. The van der Waals surface area contributed by atoms with E-state index in [0.717, 1.165) is 44.5 Å². The molecule has 2 rings (SSSR count). The number of nitrogens with zero attached hydrogens (tertiary/aromatic N) is 1. The van der Waals surface area contributed by atoms with Gasteiger partial charge in [-0.05, 0) is 43.4 Å². The van der Waals surface area contributed by atoms with E-state index in [1.54, 1.807) is 0 Å². The predicted octanol–water partition coefficient (Wildman–Crippen LogP) is 2.81. The Kier molecular flexibility index (Phi) is 6.75. The molecule has 3 N–H and O–H groups in total. The number of amides is 1. The molecule has 1 heterocycles. The number of rotatable bonds is 8. The minimum Gasteiger partial charge on any atom is -0.481 e. The Hall–Kier alpha value is -1.92. The highest BCUT2D eigenvalue weighted by Crippen LogP contribution is 2.18. The van der Waals surface area contributed by atoms with Crippen LogP contribution in [0.2, 0.25) is 0 Å². The molecular weight excluding hydrogens is 308 g/mol. The van der Waals surface area contributed by atoms with Crippen LogP contribution in [0.5, 0.6) is 0 Å². The number of aliphatic carboxylic acids is 1. The molecule has 0 aliphatic carbocycles. The summed E-state index contributed by atoms with van der Waals surface area (Å²) in [6.45, 7) is 2.40. The van der Waals surface area contributed by atoms with Crippen molar-refractivity contribution in [3.05, 3.63) is 29.8 Å². The fraction of sp³-hybridized carbons (Fsp3) is 0.556. The second-order valence-corrected chi connectivity index (χ2v) is 6.57. The normalized spacial score (nSPS) is 16.5. The number of carboxylic acid groups (broad SMARTS) is 1. The van der Waals surface area contributed by atoms with Crippen molar-refractivity contribution >= 4 is 17.6 Å². The predicted molar refractivity (Wildman–Crippen MR) is 90.8 cm³/mol. The highest BCUT2D eigenvalue weighted by Gasteiger charge is 2.27. The molecular formula is C18H27N2O4+. The Morgan fingerprint density at radius 3 is 2.33 bits per heavy atom. The summed E-state index contributed by atoms with van der Waals surface area (Å²) in [5.41, 5.74) is 1.85. The number of nitrogens with one attached hydrogen (secondary N) is 1. The van der Waals surface area contributed by atoms with Gasteiger partial charge in [0.1, 0.15) is 19.6 Å². The van der Waals surface area contributed by atoms with Crippen molar-refractivity contribution in [2.45, 2.75) is 44.9 Å². The molecule has 0 bridgehead atoms. The largest absolute Gasteiger partial charge is 0.481 e. The van der Waals surface area contributed by atoms with Gasteiger partial charge in [0.05, 0.1) is 0 Å². The van der Waals surface area contributed by atoms with E-state index in [4.69, 9.17) is 5.11 Å². The van der Waals surface area contributed by atoms with Crippen molar-refractivity contribution in [1.29, 1.82) is 0 Å². The number of anilines is 1. The molecule has 24 heavy (non-hydrogen) atoms. The first-order valence-electron chi connectivity index (χ1n) is 8.66. The first kappa shape index (κ1) is 18.4. The standard InChI is InChI=1S/C18H26N2O4/c21-17(5-4-6-18(22)23)19-16-9-7-15(8-10-16)11-14-20(24)12-2-1-3-13-20/h7-10,24H,1-6,11-14H2,(H-,19,21,22,23)/p+1. The van der Waals surface area contributed by atoms with Gasteiger partial charge in [-0.25, -0.2) is 5.21 Å². The van der Waals surface area contributed by atoms with Crippen molar-refractivity contribution in [2.24, 2.45) is 0 Å². The fourth-order valence-electron chi connectivity index (χ4n) is 3.04. The van der Waals surface area contributed by atoms with Crippen LogP contribution in [0.15, 0.2) is 24.3 Å². The average Bonchev–Trinajstić information content (AvgIpc) is 2.55. The third-order valence-corrected chi connectivity index (χ3v) is 4.50. The summed E-state index contributed by atoms with van der Waals surface area (Å²) in [7, 11) is 0. The minimum absolute atomic E-state index is 0.00746. The zero-order valence-electron chi connectivity index (χ0n) is 14.0. The van der Waals surface area contributed by atoms with Crippen LogP contribution in [0.3, 0.4) is 0 Å². The van der Waals surface area contributed by atoms with Crippen molar-refractivity contribution in [3.8, 4) is 0 Å². The molecule has 1 saturated heterocycles. The van der Waals surface area contributed by atoms with Crippen LogP contribution >= 0.6 is 0 Å². The number of carbonyl (C=O) groups excluding carboxylic acids is 1. The Morgan fingerprint density at radius 1 is 1.04 bits per heavy atom. The molecule has 0 saturated carbocycles. The first-order valence-corrected chi connectivity index (χ1v) is 8.66. The lowest BCUT2D eigenvalue weighted by Crippen LogP contribution is -2.49. The van der Waals surface area contributed by atoms with Crippen LogP contribution in [0, 0.1) is 0 Å². The lowest BCUT2D eigenvalue weighted by atomic mass is 10.1. The van der Waals surface area contributed by atoms with Gasteiger partial charge in [-0.2, -0.15) is 4.65 Å². The zero-order valence-corrected chi connectivity index (χ0v) is 14.0. The lowest BCUT2D eigenvalue weighted by Gasteiger charge is -2.33. The summed E-state index contributed by atoms with van der Waals surface area (Å²) in [5, 5.41) is 21.8. The first-order chi connectivity index (χ1) is 11.5. The van der Waals surface area contributed by atoms with Gasteiger partial charge in [0.25, 0.3) is 0 Å². The highest BCUT2D eigenvalue weighted by atomic mass is 16.5. The zero-order chi connectivity index (χ0) is 17.4. The number of likely N-dealkylation sites (tertiary alicyclic amines) is 1. The Bertz CT molecular complexity index is 551. The summed E-state index contributed by atoms with van der Waals surface area (Å²) < 4.78 is 0.169. The molecule has 1 aromatic rings. The number of hydrogen-bond donors (Lipinski definition) is 3. The molecule has 1 amide bonds. The van der Waals surface area contributed by atoms with Gasteiger partial charge in [-0.3, -0.25) is 9.59 Å². The minimum atomic E-state index is -0.884. The molecule has 0 spiro atoms. The van der Waals surface area contributed by atoms with E-state index in [1.807, 2.05) is 24.3 Å². The Morgan fingerprint density at radius 2 is 1.71 bits per heavy atom. The van der Waals surface area contributed by atoms with Crippen molar-refractivity contribution in [2.75, 3.05) is 25.0 Å². The average molecular weight is 335 g/mol. The van der Waals surface area contributed by atoms with Crippen LogP contribution in [-0.4, -0.2) is 46.5 Å². The smallest absolute Gasteiger partial charge is 0.303 e. The lowest BCUT2D eigenvalue weighted by molar-refractivity contribution is -1.10. The summed E-state index contributed by atoms with van der Waals surface area (Å²) in [4.78, 5) is 22.1. The molecule has 0 atom stereocenters. The summed E-state index contributed by atoms with van der Waals surface area (Å²) in [6.07, 6.45) is 4.75. The Labute approximate surface area is 142 Å². The summed E-state index contributed by atoms with van der Waals surface area (Å²) in [6, 6.07) is 7.62. The van der Waals surface area contributed by atoms with E-state index < -0.39 is 5.97 Å². The van der Waals surface area contributed by atoms with Crippen LogP contribution < -0.4 is 5.32 Å². The van der Waals surface area contributed by atoms with Gasteiger partial charge in [0, 0.05) is 24.9 Å². The van der Waals surface area contributed by atoms with Gasteiger partial charge in [0.2, 0.25) is 5.91 Å². The van der Waals surface area contributed by atoms with Crippen LogP contribution in [0.25, 0.3) is 0 Å². The van der Waals surface area contributed by atoms with Gasteiger partial charge in [0.15, 0.2) is 0 Å². The number of hydroxylamine groups is 3. The second-order valence-electron chi connectivity index (χ2n) is 6.57. The van der Waals surface area contributed by atoms with Gasteiger partial charge < -0.3 is 10.4 Å². The van der Waals surface area contributed by atoms with E-state index in [2.05, 4.69) is 5.32 Å². The molecule has 1 fully saturated rings. The number of carbonyl (C=O) groups is 2. The topological polar surface area (TPSA) is 86.6 Å². The SMILES string of the molecule is O=C(O)CCCC(=O)Nc1ccc(CC[N+]2(O)CCCCC2)cc1. The second kappa shape index (κ2) is 8.80. The van der Waals surface area contributed by atoms with Crippen LogP contribution in [0.4, 0.5) is 5.69 Å². The van der Waals surface area contributed by atoms with Crippen LogP contribution in [0.1, 0.15) is 44.1 Å². The monoisotopic (exact) mass is 335 g/mol. The number of hydrogen-bond acceptors (Lipinski definition) is 3. The van der Waals surface area contributed by atoms with Gasteiger partial charge >= 0.3 is 5.97 Å². The Balaban J connectivity index is 1.75. The molecule has 0 unspecified atom stereocenters. The number of quaternary nitrogens is 1. The van der Waals surface area contributed by atoms with Crippen molar-refractivity contribution < 1.29 is 24.5 Å². The molecule has 6 heteroatoms. The summed E-state index contributed by atoms with van der Waals surface area (Å²) >= 11 is 0. The molecule has 1 aromatic carbocycles. The molecule has 1 aliphatic rings. The van der Waals surface area contributed by atoms with E-state index in [0.29, 0.717) is 12.1 Å². The molecule has 0 radical (unpaired) electrons. The maximum atomic E-state index is 11.7. The molecule has 1 aliphatic heterocycles. The number of benzene rings is 1.